The van der Waals surface area contributed by atoms with Crippen molar-refractivity contribution in [2.75, 3.05) is 0 Å². The van der Waals surface area contributed by atoms with E-state index in [9.17, 15) is 9.90 Å². The first-order valence-electron chi connectivity index (χ1n) is 5.47. The Morgan fingerprint density at radius 3 is 2.64 bits per heavy atom. The van der Waals surface area contributed by atoms with E-state index < -0.39 is 17.5 Å². The Balaban J connectivity index is 2.83. The number of carbonyl (C=O) groups is 1. The number of hydrogen-bond donors (Lipinski definition) is 2. The van der Waals surface area contributed by atoms with Gasteiger partial charge in [0.05, 0.1) is 11.5 Å². The number of aliphatic carboxylic acids is 1. The molecule has 82 valence electrons. The molecule has 0 amide bonds. The van der Waals surface area contributed by atoms with Gasteiger partial charge in [-0.15, -0.1) is 0 Å². The minimum Gasteiger partial charge on any atom is -0.481 e. The minimum absolute atomic E-state index is 0.109. The third-order valence-corrected chi connectivity index (χ3v) is 3.63. The fourth-order valence-electron chi connectivity index (χ4n) is 2.61. The Bertz CT molecular complexity index is 215. The molecule has 0 bridgehead atoms. The van der Waals surface area contributed by atoms with E-state index >= 15 is 0 Å². The van der Waals surface area contributed by atoms with Crippen LogP contribution >= 0.6 is 0 Å². The summed E-state index contributed by atoms with van der Waals surface area (Å²) in [5.41, 5.74) is -0.973. The first-order valence-corrected chi connectivity index (χ1v) is 5.47. The molecular formula is C11H20O3. The van der Waals surface area contributed by atoms with Crippen LogP contribution in [0.25, 0.3) is 0 Å². The molecule has 0 aromatic heterocycles. The first-order chi connectivity index (χ1) is 6.52. The van der Waals surface area contributed by atoms with Crippen molar-refractivity contribution < 1.29 is 15.0 Å². The predicted octanol–water partition coefficient (Wildman–Crippen LogP) is 2.04. The van der Waals surface area contributed by atoms with E-state index in [2.05, 4.69) is 0 Å². The lowest BCUT2D eigenvalue weighted by atomic mass is 9.68. The van der Waals surface area contributed by atoms with Gasteiger partial charge in [0, 0.05) is 0 Å². The van der Waals surface area contributed by atoms with E-state index in [1.807, 2.05) is 13.8 Å². The smallest absolute Gasteiger partial charge is 0.309 e. The van der Waals surface area contributed by atoms with Gasteiger partial charge in [0.1, 0.15) is 0 Å². The maximum Gasteiger partial charge on any atom is 0.309 e. The van der Waals surface area contributed by atoms with Gasteiger partial charge >= 0.3 is 5.97 Å². The van der Waals surface area contributed by atoms with Gasteiger partial charge in [-0.3, -0.25) is 4.79 Å². The summed E-state index contributed by atoms with van der Waals surface area (Å²) < 4.78 is 0. The Hall–Kier alpha value is -0.570. The van der Waals surface area contributed by atoms with E-state index in [-0.39, 0.29) is 5.92 Å². The second kappa shape index (κ2) is 4.30. The van der Waals surface area contributed by atoms with Crippen LogP contribution in [0.2, 0.25) is 0 Å². The largest absolute Gasteiger partial charge is 0.481 e. The Morgan fingerprint density at radius 2 is 2.21 bits per heavy atom. The van der Waals surface area contributed by atoms with Crippen molar-refractivity contribution in [2.45, 2.75) is 51.6 Å². The highest BCUT2D eigenvalue weighted by Crippen LogP contribution is 2.40. The molecule has 1 fully saturated rings. The van der Waals surface area contributed by atoms with E-state index in [0.29, 0.717) is 12.8 Å². The third kappa shape index (κ3) is 1.92. The van der Waals surface area contributed by atoms with Gasteiger partial charge in [0.15, 0.2) is 0 Å². The van der Waals surface area contributed by atoms with Crippen LogP contribution in [0.1, 0.15) is 46.0 Å². The normalized spacial score (nSPS) is 35.2. The van der Waals surface area contributed by atoms with E-state index in [0.717, 1.165) is 19.3 Å². The predicted molar refractivity (Wildman–Crippen MR) is 54.0 cm³/mol. The number of rotatable bonds is 3. The number of hydrogen-bond acceptors (Lipinski definition) is 2. The van der Waals surface area contributed by atoms with Gasteiger partial charge < -0.3 is 10.2 Å². The molecule has 0 spiro atoms. The van der Waals surface area contributed by atoms with Gasteiger partial charge in [0.25, 0.3) is 0 Å². The van der Waals surface area contributed by atoms with Crippen molar-refractivity contribution in [1.29, 1.82) is 0 Å². The second-order valence-electron chi connectivity index (χ2n) is 4.44. The average molecular weight is 200 g/mol. The van der Waals surface area contributed by atoms with Gasteiger partial charge in [0.2, 0.25) is 0 Å². The molecule has 1 rings (SSSR count). The minimum atomic E-state index is -0.973. The fraction of sp³-hybridized carbons (Fsp3) is 0.909. The molecule has 3 atom stereocenters. The lowest BCUT2D eigenvalue weighted by Crippen LogP contribution is -2.49. The van der Waals surface area contributed by atoms with Crippen molar-refractivity contribution >= 4 is 5.97 Å². The highest BCUT2D eigenvalue weighted by molar-refractivity contribution is 5.71. The zero-order chi connectivity index (χ0) is 10.8. The van der Waals surface area contributed by atoms with Crippen LogP contribution in [0.3, 0.4) is 0 Å². The van der Waals surface area contributed by atoms with Crippen LogP contribution in [0.4, 0.5) is 0 Å². The van der Waals surface area contributed by atoms with Crippen LogP contribution < -0.4 is 0 Å². The Morgan fingerprint density at radius 1 is 1.57 bits per heavy atom. The second-order valence-corrected chi connectivity index (χ2v) is 4.44. The van der Waals surface area contributed by atoms with Gasteiger partial charge in [-0.05, 0) is 25.2 Å². The van der Waals surface area contributed by atoms with Crippen LogP contribution in [-0.2, 0) is 4.79 Å². The molecular weight excluding hydrogens is 180 g/mol. The highest BCUT2D eigenvalue weighted by Gasteiger charge is 2.45. The molecule has 2 N–H and O–H groups in total. The summed E-state index contributed by atoms with van der Waals surface area (Å²) in [6, 6.07) is 0. The van der Waals surface area contributed by atoms with Crippen molar-refractivity contribution in [3.05, 3.63) is 0 Å². The molecule has 1 saturated carbocycles. The Kier molecular flexibility index (Phi) is 3.53. The molecule has 1 aliphatic carbocycles. The molecule has 0 aromatic carbocycles. The zero-order valence-corrected chi connectivity index (χ0v) is 8.99. The number of carboxylic acids is 1. The van der Waals surface area contributed by atoms with E-state index in [4.69, 9.17) is 5.11 Å². The molecule has 3 nitrogen and oxygen atoms in total. The summed E-state index contributed by atoms with van der Waals surface area (Å²) in [6.07, 6.45) is 4.15. The number of carboxylic acid groups (broad SMARTS) is 1. The molecule has 3 unspecified atom stereocenters. The van der Waals surface area contributed by atoms with Crippen molar-refractivity contribution in [1.82, 2.24) is 0 Å². The van der Waals surface area contributed by atoms with Crippen LogP contribution in [-0.4, -0.2) is 21.8 Å². The average Bonchev–Trinajstić information content (AvgIpc) is 2.11. The topological polar surface area (TPSA) is 57.5 Å². The molecule has 0 saturated heterocycles. The quantitative estimate of drug-likeness (QED) is 0.733. The molecule has 0 heterocycles. The molecule has 3 heteroatoms. The number of aliphatic hydroxyl groups is 1. The fourth-order valence-corrected chi connectivity index (χ4v) is 2.61. The summed E-state index contributed by atoms with van der Waals surface area (Å²) in [4.78, 5) is 11.0. The maximum atomic E-state index is 11.0. The standard InChI is InChI=1S/C11H20O3/c1-3-9(10(12)13)11(14)7-5-4-6-8(11)2/h8-9,14H,3-7H2,1-2H3,(H,12,13). The molecule has 1 aliphatic rings. The van der Waals surface area contributed by atoms with Crippen molar-refractivity contribution in [3.63, 3.8) is 0 Å². The first kappa shape index (κ1) is 11.5. The summed E-state index contributed by atoms with van der Waals surface area (Å²) in [7, 11) is 0. The maximum absolute atomic E-state index is 11.0. The monoisotopic (exact) mass is 200 g/mol. The molecule has 0 aliphatic heterocycles. The third-order valence-electron chi connectivity index (χ3n) is 3.63. The van der Waals surface area contributed by atoms with Crippen molar-refractivity contribution in [3.8, 4) is 0 Å². The molecule has 0 radical (unpaired) electrons. The van der Waals surface area contributed by atoms with Gasteiger partial charge in [-0.25, -0.2) is 0 Å². The van der Waals surface area contributed by atoms with Gasteiger partial charge in [-0.1, -0.05) is 26.7 Å². The van der Waals surface area contributed by atoms with E-state index in [1.54, 1.807) is 0 Å². The summed E-state index contributed by atoms with van der Waals surface area (Å²) >= 11 is 0. The van der Waals surface area contributed by atoms with Crippen molar-refractivity contribution in [2.24, 2.45) is 11.8 Å². The summed E-state index contributed by atoms with van der Waals surface area (Å²) in [5.74, 6) is -1.35. The lowest BCUT2D eigenvalue weighted by Gasteiger charge is -2.42. The zero-order valence-electron chi connectivity index (χ0n) is 8.99. The van der Waals surface area contributed by atoms with Crippen LogP contribution in [0, 0.1) is 11.8 Å². The van der Waals surface area contributed by atoms with E-state index in [1.165, 1.54) is 0 Å². The SMILES string of the molecule is CCC(C(=O)O)C1(O)CCCCC1C. The lowest BCUT2D eigenvalue weighted by molar-refractivity contribution is -0.160. The summed E-state index contributed by atoms with van der Waals surface area (Å²) in [6.45, 7) is 3.79. The highest BCUT2D eigenvalue weighted by atomic mass is 16.4. The summed E-state index contributed by atoms with van der Waals surface area (Å²) in [5, 5.41) is 19.4. The Labute approximate surface area is 85.1 Å². The van der Waals surface area contributed by atoms with Crippen LogP contribution in [0.15, 0.2) is 0 Å². The van der Waals surface area contributed by atoms with Gasteiger partial charge in [-0.2, -0.15) is 0 Å². The van der Waals surface area contributed by atoms with Crippen LogP contribution in [0.5, 0.6) is 0 Å². The molecule has 14 heavy (non-hydrogen) atoms. The molecule has 0 aromatic rings.